The summed E-state index contributed by atoms with van der Waals surface area (Å²) >= 11 is 0. The quantitative estimate of drug-likeness (QED) is 0.336. The molecule has 0 saturated heterocycles. The Bertz CT molecular complexity index is 532. The van der Waals surface area contributed by atoms with Crippen molar-refractivity contribution in [1.29, 1.82) is 0 Å². The monoisotopic (exact) mass is 370 g/mol. The summed E-state index contributed by atoms with van der Waals surface area (Å²) in [5, 5.41) is 0. The molecule has 0 nitrogen and oxygen atoms in total. The van der Waals surface area contributed by atoms with Crippen LogP contribution in [0.15, 0.2) is 12.2 Å². The Morgan fingerprint density at radius 3 is 2.52 bits per heavy atom. The Morgan fingerprint density at radius 1 is 0.889 bits per heavy atom. The van der Waals surface area contributed by atoms with Crippen molar-refractivity contribution in [2.45, 2.75) is 111 Å². The average Bonchev–Trinajstić information content (AvgIpc) is 3.02. The minimum atomic E-state index is 0.632. The maximum Gasteiger partial charge on any atom is -0.0228 e. The third-order valence-electron chi connectivity index (χ3n) is 10.5. The lowest BCUT2D eigenvalue weighted by molar-refractivity contribution is -0.112. The molecular weight excluding hydrogens is 324 g/mol. The summed E-state index contributed by atoms with van der Waals surface area (Å²) < 4.78 is 0. The Hall–Kier alpha value is -0.260. The molecule has 0 amide bonds. The van der Waals surface area contributed by atoms with Gasteiger partial charge in [0.05, 0.1) is 0 Å². The van der Waals surface area contributed by atoms with E-state index in [4.69, 9.17) is 0 Å². The molecule has 4 fully saturated rings. The fourth-order valence-corrected chi connectivity index (χ4v) is 8.97. The van der Waals surface area contributed by atoms with Crippen molar-refractivity contribution in [1.82, 2.24) is 0 Å². The van der Waals surface area contributed by atoms with Gasteiger partial charge in [0.2, 0.25) is 0 Å². The fourth-order valence-electron chi connectivity index (χ4n) is 8.97. The highest BCUT2D eigenvalue weighted by molar-refractivity contribution is 5.10. The molecule has 27 heavy (non-hydrogen) atoms. The van der Waals surface area contributed by atoms with E-state index >= 15 is 0 Å². The lowest BCUT2D eigenvalue weighted by atomic mass is 9.44. The van der Waals surface area contributed by atoms with Crippen LogP contribution in [0.2, 0.25) is 0 Å². The van der Waals surface area contributed by atoms with Crippen molar-refractivity contribution in [3.63, 3.8) is 0 Å². The standard InChI is InChI=1S/C27H46/c1-5-6-7-8-11-20(2)23-15-16-24-22-14-13-21-12-9-10-18-26(21,3)25(22)17-19-27(23,24)4/h8,11,20-25H,5-7,9-10,12-19H2,1-4H3/b11-8+/t20-,21?,22?,23?,24?,25?,26?,27?/m1/s1. The molecule has 7 unspecified atom stereocenters. The molecule has 0 aromatic heterocycles. The lowest BCUT2D eigenvalue weighted by Crippen LogP contribution is -2.53. The third-order valence-corrected chi connectivity index (χ3v) is 10.5. The summed E-state index contributed by atoms with van der Waals surface area (Å²) in [4.78, 5) is 0. The van der Waals surface area contributed by atoms with Crippen LogP contribution < -0.4 is 0 Å². The predicted molar refractivity (Wildman–Crippen MR) is 118 cm³/mol. The van der Waals surface area contributed by atoms with E-state index in [-0.39, 0.29) is 0 Å². The van der Waals surface area contributed by atoms with Crippen LogP contribution in [-0.4, -0.2) is 0 Å². The number of hydrogen-bond acceptors (Lipinski definition) is 0. The summed E-state index contributed by atoms with van der Waals surface area (Å²) in [6.07, 6.45) is 24.4. The van der Waals surface area contributed by atoms with Gasteiger partial charge in [-0.15, -0.1) is 0 Å². The molecule has 0 bridgehead atoms. The summed E-state index contributed by atoms with van der Waals surface area (Å²) in [5.41, 5.74) is 1.33. The Kier molecular flexibility index (Phi) is 5.84. The van der Waals surface area contributed by atoms with Gasteiger partial charge in [-0.05, 0) is 104 Å². The summed E-state index contributed by atoms with van der Waals surface area (Å²) in [7, 11) is 0. The van der Waals surface area contributed by atoms with E-state index in [0.29, 0.717) is 10.8 Å². The zero-order chi connectivity index (χ0) is 19.1. The summed E-state index contributed by atoms with van der Waals surface area (Å²) in [5.74, 6) is 5.95. The van der Waals surface area contributed by atoms with Crippen LogP contribution in [0.5, 0.6) is 0 Å². The number of unbranched alkanes of at least 4 members (excludes halogenated alkanes) is 2. The van der Waals surface area contributed by atoms with Crippen molar-refractivity contribution in [3.05, 3.63) is 12.2 Å². The van der Waals surface area contributed by atoms with Crippen LogP contribution in [0.25, 0.3) is 0 Å². The molecule has 0 aromatic rings. The van der Waals surface area contributed by atoms with Gasteiger partial charge in [-0.2, -0.15) is 0 Å². The third kappa shape index (κ3) is 3.36. The first-order valence-corrected chi connectivity index (χ1v) is 12.7. The van der Waals surface area contributed by atoms with Crippen LogP contribution in [0.3, 0.4) is 0 Å². The van der Waals surface area contributed by atoms with Gasteiger partial charge < -0.3 is 0 Å². The molecule has 0 radical (unpaired) electrons. The first-order valence-electron chi connectivity index (χ1n) is 12.7. The topological polar surface area (TPSA) is 0 Å². The van der Waals surface area contributed by atoms with Crippen LogP contribution in [0.1, 0.15) is 111 Å². The Morgan fingerprint density at radius 2 is 1.70 bits per heavy atom. The van der Waals surface area contributed by atoms with E-state index in [1.165, 1.54) is 51.4 Å². The van der Waals surface area contributed by atoms with Gasteiger partial charge >= 0.3 is 0 Å². The number of fused-ring (bicyclic) bond motifs is 5. The van der Waals surface area contributed by atoms with Crippen LogP contribution in [0.4, 0.5) is 0 Å². The highest BCUT2D eigenvalue weighted by Crippen LogP contribution is 2.68. The zero-order valence-corrected chi connectivity index (χ0v) is 18.8. The molecule has 0 aromatic carbocycles. The van der Waals surface area contributed by atoms with Crippen LogP contribution in [-0.2, 0) is 0 Å². The molecule has 0 heterocycles. The molecule has 0 heteroatoms. The maximum absolute atomic E-state index is 2.72. The second-order valence-corrected chi connectivity index (χ2v) is 11.6. The van der Waals surface area contributed by atoms with Crippen LogP contribution >= 0.6 is 0 Å². The largest absolute Gasteiger partial charge is 0.0883 e. The van der Waals surface area contributed by atoms with E-state index in [9.17, 15) is 0 Å². The summed E-state index contributed by atoms with van der Waals surface area (Å²) in [6, 6.07) is 0. The first-order chi connectivity index (χ1) is 13.0. The van der Waals surface area contributed by atoms with E-state index in [1.807, 2.05) is 0 Å². The molecule has 154 valence electrons. The van der Waals surface area contributed by atoms with Gasteiger partial charge in [0.25, 0.3) is 0 Å². The Balaban J connectivity index is 1.49. The second kappa shape index (κ2) is 7.87. The smallest absolute Gasteiger partial charge is 0.0228 e. The minimum absolute atomic E-state index is 0.632. The van der Waals surface area contributed by atoms with Gasteiger partial charge in [-0.25, -0.2) is 0 Å². The molecule has 0 spiro atoms. The molecular formula is C27H46. The van der Waals surface area contributed by atoms with Gasteiger partial charge in [0.15, 0.2) is 0 Å². The van der Waals surface area contributed by atoms with Gasteiger partial charge in [0, 0.05) is 0 Å². The van der Waals surface area contributed by atoms with Crippen molar-refractivity contribution in [2.24, 2.45) is 46.3 Å². The van der Waals surface area contributed by atoms with Crippen molar-refractivity contribution < 1.29 is 0 Å². The number of hydrogen-bond donors (Lipinski definition) is 0. The second-order valence-electron chi connectivity index (χ2n) is 11.6. The maximum atomic E-state index is 2.72. The fraction of sp³-hybridized carbons (Fsp3) is 0.926. The highest BCUT2D eigenvalue weighted by atomic mass is 14.6. The first kappa shape index (κ1) is 20.0. The zero-order valence-electron chi connectivity index (χ0n) is 18.8. The SMILES string of the molecule is CCCC/C=C/[C@@H](C)C1CCC2C3CCC4CCCCC4(C)C3CCC21C. The lowest BCUT2D eigenvalue weighted by Gasteiger charge is -2.60. The average molecular weight is 371 g/mol. The molecule has 0 N–H and O–H groups in total. The Labute approximate surface area is 170 Å². The van der Waals surface area contributed by atoms with Crippen molar-refractivity contribution in [3.8, 4) is 0 Å². The molecule has 4 aliphatic rings. The van der Waals surface area contributed by atoms with E-state index in [2.05, 4.69) is 39.8 Å². The minimum Gasteiger partial charge on any atom is -0.0883 e. The highest BCUT2D eigenvalue weighted by Gasteiger charge is 2.59. The molecule has 0 aliphatic heterocycles. The van der Waals surface area contributed by atoms with E-state index in [1.54, 1.807) is 32.1 Å². The molecule has 8 atom stereocenters. The molecule has 4 aliphatic carbocycles. The van der Waals surface area contributed by atoms with Gasteiger partial charge in [-0.1, -0.05) is 65.5 Å². The van der Waals surface area contributed by atoms with Crippen molar-refractivity contribution in [2.75, 3.05) is 0 Å². The van der Waals surface area contributed by atoms with Gasteiger partial charge in [0.1, 0.15) is 0 Å². The van der Waals surface area contributed by atoms with E-state index < -0.39 is 0 Å². The molecule has 4 rings (SSSR count). The van der Waals surface area contributed by atoms with Crippen molar-refractivity contribution >= 4 is 0 Å². The number of allylic oxidation sites excluding steroid dienone is 2. The normalized spacial score (nSPS) is 48.1. The molecule has 4 saturated carbocycles. The van der Waals surface area contributed by atoms with Gasteiger partial charge in [-0.3, -0.25) is 0 Å². The van der Waals surface area contributed by atoms with E-state index in [0.717, 1.165) is 35.5 Å². The number of rotatable bonds is 5. The summed E-state index contributed by atoms with van der Waals surface area (Å²) in [6.45, 7) is 10.3. The van der Waals surface area contributed by atoms with Crippen LogP contribution in [0, 0.1) is 46.3 Å². The predicted octanol–water partition coefficient (Wildman–Crippen LogP) is 8.42.